The Bertz CT molecular complexity index is 223. The Morgan fingerprint density at radius 1 is 1.67 bits per heavy atom. The molecule has 0 saturated heterocycles. The minimum atomic E-state index is 0.0480. The van der Waals surface area contributed by atoms with Crippen molar-refractivity contribution >= 4 is 5.78 Å². The minimum Gasteiger partial charge on any atom is -0.469 e. The second-order valence-corrected chi connectivity index (χ2v) is 2.00. The number of hydrogen-bond acceptors (Lipinski definition) is 2. The van der Waals surface area contributed by atoms with Gasteiger partial charge in [-0.1, -0.05) is 0 Å². The van der Waals surface area contributed by atoms with E-state index in [0.29, 0.717) is 5.56 Å². The normalized spacial score (nSPS) is 9.56. The van der Waals surface area contributed by atoms with Gasteiger partial charge in [0.1, 0.15) is 12.0 Å². The van der Waals surface area contributed by atoms with Gasteiger partial charge in [-0.3, -0.25) is 4.79 Å². The summed E-state index contributed by atoms with van der Waals surface area (Å²) >= 11 is 0. The second-order valence-electron chi connectivity index (χ2n) is 2.00. The highest BCUT2D eigenvalue weighted by molar-refractivity contribution is 5.93. The average Bonchev–Trinajstić information content (AvgIpc) is 2.14. The number of Topliss-reactive ketones (excluding diaryl/α,β-unsaturated/α-hetero) is 1. The summed E-state index contributed by atoms with van der Waals surface area (Å²) in [7, 11) is 0. The Morgan fingerprint density at radius 2 is 2.33 bits per heavy atom. The summed E-state index contributed by atoms with van der Waals surface area (Å²) < 4.78 is 4.90. The van der Waals surface area contributed by atoms with Crippen molar-refractivity contribution in [3.8, 4) is 0 Å². The highest BCUT2D eigenvalue weighted by atomic mass is 16.3. The van der Waals surface area contributed by atoms with Crippen molar-refractivity contribution in [3.05, 3.63) is 23.7 Å². The molecule has 0 amide bonds. The maximum Gasteiger partial charge on any atom is 0.163 e. The molecule has 0 saturated carbocycles. The van der Waals surface area contributed by atoms with E-state index in [-0.39, 0.29) is 5.78 Å². The Morgan fingerprint density at radius 3 is 2.56 bits per heavy atom. The lowest BCUT2D eigenvalue weighted by molar-refractivity contribution is 0.101. The molecule has 48 valence electrons. The maximum absolute atomic E-state index is 10.6. The fourth-order valence-corrected chi connectivity index (χ4v) is 0.628. The van der Waals surface area contributed by atoms with Crippen LogP contribution in [0.3, 0.4) is 0 Å². The minimum absolute atomic E-state index is 0.0480. The molecule has 0 aliphatic carbocycles. The SMILES string of the molecule is CC(=O)c1coc(C)c1. The average molecular weight is 124 g/mol. The lowest BCUT2D eigenvalue weighted by Crippen LogP contribution is -1.85. The van der Waals surface area contributed by atoms with Gasteiger partial charge in [0, 0.05) is 0 Å². The number of carbonyl (C=O) groups is 1. The highest BCUT2D eigenvalue weighted by Crippen LogP contribution is 2.05. The van der Waals surface area contributed by atoms with Crippen molar-refractivity contribution in [2.75, 3.05) is 0 Å². The number of rotatable bonds is 1. The van der Waals surface area contributed by atoms with Crippen LogP contribution in [-0.2, 0) is 0 Å². The molecule has 1 rings (SSSR count). The molecule has 0 aliphatic heterocycles. The van der Waals surface area contributed by atoms with E-state index in [1.54, 1.807) is 6.07 Å². The van der Waals surface area contributed by atoms with E-state index in [2.05, 4.69) is 0 Å². The topological polar surface area (TPSA) is 30.2 Å². The first kappa shape index (κ1) is 6.08. The summed E-state index contributed by atoms with van der Waals surface area (Å²) in [6.07, 6.45) is 1.47. The summed E-state index contributed by atoms with van der Waals surface area (Å²) in [5, 5.41) is 0. The van der Waals surface area contributed by atoms with Gasteiger partial charge in [0.2, 0.25) is 0 Å². The van der Waals surface area contributed by atoms with E-state index in [4.69, 9.17) is 4.42 Å². The number of aryl methyl sites for hydroxylation is 1. The molecule has 0 aromatic carbocycles. The molecule has 0 unspecified atom stereocenters. The predicted molar refractivity (Wildman–Crippen MR) is 33.4 cm³/mol. The standard InChI is InChI=1S/C7H8O2/c1-5-3-7(4-9-5)6(2)8/h3-4H,1-2H3. The zero-order chi connectivity index (χ0) is 6.85. The Labute approximate surface area is 53.5 Å². The first-order valence-electron chi connectivity index (χ1n) is 2.76. The van der Waals surface area contributed by atoms with E-state index in [9.17, 15) is 4.79 Å². The van der Waals surface area contributed by atoms with Crippen LogP contribution in [0.2, 0.25) is 0 Å². The quantitative estimate of drug-likeness (QED) is 0.534. The molecule has 0 atom stereocenters. The van der Waals surface area contributed by atoms with Crippen molar-refractivity contribution in [1.82, 2.24) is 0 Å². The fourth-order valence-electron chi connectivity index (χ4n) is 0.628. The van der Waals surface area contributed by atoms with Crippen molar-refractivity contribution in [2.24, 2.45) is 0 Å². The largest absolute Gasteiger partial charge is 0.469 e. The van der Waals surface area contributed by atoms with Crippen LogP contribution in [0.25, 0.3) is 0 Å². The van der Waals surface area contributed by atoms with Crippen LogP contribution < -0.4 is 0 Å². The van der Waals surface area contributed by atoms with Crippen LogP contribution in [0.4, 0.5) is 0 Å². The van der Waals surface area contributed by atoms with Crippen molar-refractivity contribution in [3.63, 3.8) is 0 Å². The Kier molecular flexibility index (Phi) is 1.39. The lowest BCUT2D eigenvalue weighted by atomic mass is 10.2. The molecule has 2 nitrogen and oxygen atoms in total. The van der Waals surface area contributed by atoms with E-state index < -0.39 is 0 Å². The van der Waals surface area contributed by atoms with Gasteiger partial charge >= 0.3 is 0 Å². The van der Waals surface area contributed by atoms with Crippen molar-refractivity contribution < 1.29 is 9.21 Å². The third-order valence-corrected chi connectivity index (χ3v) is 1.14. The number of ketones is 1. The van der Waals surface area contributed by atoms with E-state index >= 15 is 0 Å². The van der Waals surface area contributed by atoms with Crippen molar-refractivity contribution in [1.29, 1.82) is 0 Å². The zero-order valence-electron chi connectivity index (χ0n) is 5.47. The predicted octanol–water partition coefficient (Wildman–Crippen LogP) is 1.79. The number of furan rings is 1. The molecule has 9 heavy (non-hydrogen) atoms. The monoisotopic (exact) mass is 124 g/mol. The van der Waals surface area contributed by atoms with Gasteiger partial charge in [0.05, 0.1) is 5.56 Å². The molecule has 0 radical (unpaired) electrons. The molecule has 0 bridgehead atoms. The van der Waals surface area contributed by atoms with Crippen LogP contribution in [0.15, 0.2) is 16.7 Å². The lowest BCUT2D eigenvalue weighted by Gasteiger charge is -1.78. The molecule has 1 heterocycles. The van der Waals surface area contributed by atoms with Crippen LogP contribution in [-0.4, -0.2) is 5.78 Å². The van der Waals surface area contributed by atoms with Crippen molar-refractivity contribution in [2.45, 2.75) is 13.8 Å². The first-order valence-corrected chi connectivity index (χ1v) is 2.76. The van der Waals surface area contributed by atoms with E-state index in [1.807, 2.05) is 6.92 Å². The van der Waals surface area contributed by atoms with Crippen LogP contribution in [0.5, 0.6) is 0 Å². The van der Waals surface area contributed by atoms with Crippen LogP contribution in [0.1, 0.15) is 23.0 Å². The molecule has 0 spiro atoms. The fraction of sp³-hybridized carbons (Fsp3) is 0.286. The molecule has 0 N–H and O–H groups in total. The maximum atomic E-state index is 10.6. The molecule has 0 aliphatic rings. The van der Waals surface area contributed by atoms with Gasteiger partial charge < -0.3 is 4.42 Å². The summed E-state index contributed by atoms with van der Waals surface area (Å²) in [6, 6.07) is 1.72. The van der Waals surface area contributed by atoms with Gasteiger partial charge in [-0.2, -0.15) is 0 Å². The zero-order valence-corrected chi connectivity index (χ0v) is 5.47. The Hall–Kier alpha value is -1.05. The number of hydrogen-bond donors (Lipinski definition) is 0. The molecule has 1 aromatic heterocycles. The van der Waals surface area contributed by atoms with Crippen LogP contribution >= 0.6 is 0 Å². The second kappa shape index (κ2) is 2.05. The molecular weight excluding hydrogens is 116 g/mol. The van der Waals surface area contributed by atoms with Gasteiger partial charge in [-0.15, -0.1) is 0 Å². The third kappa shape index (κ3) is 1.19. The number of carbonyl (C=O) groups excluding carboxylic acids is 1. The molecule has 0 fully saturated rings. The van der Waals surface area contributed by atoms with E-state index in [1.165, 1.54) is 13.2 Å². The summed E-state index contributed by atoms with van der Waals surface area (Å²) in [4.78, 5) is 10.6. The van der Waals surface area contributed by atoms with Gasteiger partial charge in [-0.25, -0.2) is 0 Å². The summed E-state index contributed by atoms with van der Waals surface area (Å²) in [5.74, 6) is 0.826. The Balaban J connectivity index is 2.98. The first-order chi connectivity index (χ1) is 4.20. The van der Waals surface area contributed by atoms with E-state index in [0.717, 1.165) is 5.76 Å². The molecule has 2 heteroatoms. The smallest absolute Gasteiger partial charge is 0.163 e. The highest BCUT2D eigenvalue weighted by Gasteiger charge is 2.00. The van der Waals surface area contributed by atoms with Gasteiger partial charge in [-0.05, 0) is 19.9 Å². The molecular formula is C7H8O2. The molecule has 1 aromatic rings. The van der Waals surface area contributed by atoms with Crippen LogP contribution in [0, 0.1) is 6.92 Å². The summed E-state index contributed by atoms with van der Waals surface area (Å²) in [5.41, 5.74) is 0.646. The third-order valence-electron chi connectivity index (χ3n) is 1.14. The van der Waals surface area contributed by atoms with Gasteiger partial charge in [0.15, 0.2) is 5.78 Å². The van der Waals surface area contributed by atoms with Gasteiger partial charge in [0.25, 0.3) is 0 Å². The summed E-state index contributed by atoms with van der Waals surface area (Å²) in [6.45, 7) is 3.33.